The maximum absolute atomic E-state index is 11.9. The summed E-state index contributed by atoms with van der Waals surface area (Å²) >= 11 is 11.9. The average molecular weight is 404 g/mol. The van der Waals surface area contributed by atoms with Gasteiger partial charge in [-0.2, -0.15) is 0 Å². The van der Waals surface area contributed by atoms with Crippen LogP contribution in [0.15, 0.2) is 30.3 Å². The van der Waals surface area contributed by atoms with Gasteiger partial charge in [-0.25, -0.2) is 4.98 Å². The predicted octanol–water partition coefficient (Wildman–Crippen LogP) is 3.81. The highest BCUT2D eigenvalue weighted by Gasteiger charge is 2.09. The van der Waals surface area contributed by atoms with Crippen molar-refractivity contribution in [2.45, 2.75) is 26.7 Å². The molecule has 0 saturated heterocycles. The average Bonchev–Trinajstić information content (AvgIpc) is 3.01. The van der Waals surface area contributed by atoms with Gasteiger partial charge >= 0.3 is 0 Å². The Morgan fingerprint density at radius 1 is 1.22 bits per heavy atom. The number of aryl methyl sites for hydroxylation is 3. The summed E-state index contributed by atoms with van der Waals surface area (Å²) in [5.41, 5.74) is 2.70. The molecule has 0 aliphatic heterocycles. The molecule has 8 heteroatoms. The van der Waals surface area contributed by atoms with Gasteiger partial charge in [-0.15, -0.1) is 10.2 Å². The second-order valence-electron chi connectivity index (χ2n) is 6.18. The molecule has 0 fully saturated rings. The number of benzene rings is 1. The Morgan fingerprint density at radius 3 is 2.81 bits per heavy atom. The highest BCUT2D eigenvalue weighted by molar-refractivity contribution is 6.35. The smallest absolute Gasteiger partial charge is 0.255 e. The fraction of sp³-hybridized carbons (Fsp3) is 0.263. The van der Waals surface area contributed by atoms with Crippen LogP contribution in [-0.2, 0) is 11.2 Å². The van der Waals surface area contributed by atoms with Crippen molar-refractivity contribution >= 4 is 41.0 Å². The molecule has 2 aromatic heterocycles. The van der Waals surface area contributed by atoms with E-state index in [0.29, 0.717) is 28.8 Å². The van der Waals surface area contributed by atoms with Crippen molar-refractivity contribution in [1.29, 1.82) is 0 Å². The van der Waals surface area contributed by atoms with Crippen molar-refractivity contribution in [3.8, 4) is 0 Å². The van der Waals surface area contributed by atoms with Crippen LogP contribution in [0.1, 0.15) is 29.2 Å². The summed E-state index contributed by atoms with van der Waals surface area (Å²) in [4.78, 5) is 16.3. The zero-order valence-corrected chi connectivity index (χ0v) is 16.6. The van der Waals surface area contributed by atoms with Crippen LogP contribution in [0.5, 0.6) is 0 Å². The number of amides is 1. The molecule has 3 aromatic rings. The first-order chi connectivity index (χ1) is 12.9. The molecule has 140 valence electrons. The third-order valence-corrected chi connectivity index (χ3v) is 4.58. The zero-order chi connectivity index (χ0) is 19.4. The van der Waals surface area contributed by atoms with E-state index in [1.54, 1.807) is 24.3 Å². The maximum Gasteiger partial charge on any atom is 0.255 e. The highest BCUT2D eigenvalue weighted by atomic mass is 35.5. The number of aromatic nitrogens is 4. The Balaban J connectivity index is 1.51. The van der Waals surface area contributed by atoms with E-state index >= 15 is 0 Å². The van der Waals surface area contributed by atoms with Crippen molar-refractivity contribution in [1.82, 2.24) is 24.9 Å². The third-order valence-electron chi connectivity index (χ3n) is 4.01. The molecule has 2 heterocycles. The molecule has 0 aliphatic rings. The van der Waals surface area contributed by atoms with Crippen molar-refractivity contribution in [3.05, 3.63) is 63.2 Å². The van der Waals surface area contributed by atoms with Gasteiger partial charge in [0.1, 0.15) is 5.82 Å². The van der Waals surface area contributed by atoms with Gasteiger partial charge in [0.25, 0.3) is 5.78 Å². The maximum atomic E-state index is 11.9. The van der Waals surface area contributed by atoms with Gasteiger partial charge in [0, 0.05) is 40.5 Å². The van der Waals surface area contributed by atoms with Crippen LogP contribution in [-0.4, -0.2) is 32.0 Å². The lowest BCUT2D eigenvalue weighted by Gasteiger charge is -2.05. The first-order valence-corrected chi connectivity index (χ1v) is 9.29. The fourth-order valence-electron chi connectivity index (χ4n) is 2.78. The van der Waals surface area contributed by atoms with Crippen LogP contribution in [0.2, 0.25) is 10.0 Å². The van der Waals surface area contributed by atoms with Crippen LogP contribution >= 0.6 is 23.2 Å². The number of rotatable bonds is 6. The first-order valence-electron chi connectivity index (χ1n) is 8.53. The van der Waals surface area contributed by atoms with Crippen LogP contribution < -0.4 is 5.32 Å². The van der Waals surface area contributed by atoms with Gasteiger partial charge in [0.05, 0.1) is 0 Å². The van der Waals surface area contributed by atoms with E-state index < -0.39 is 0 Å². The molecule has 27 heavy (non-hydrogen) atoms. The molecular weight excluding hydrogens is 385 g/mol. The zero-order valence-electron chi connectivity index (χ0n) is 15.0. The number of nitrogens with one attached hydrogen (secondary N) is 1. The Hall–Kier alpha value is -2.44. The molecule has 6 nitrogen and oxygen atoms in total. The van der Waals surface area contributed by atoms with E-state index in [4.69, 9.17) is 23.2 Å². The molecule has 1 amide bonds. The molecule has 1 N–H and O–H groups in total. The van der Waals surface area contributed by atoms with Gasteiger partial charge in [-0.3, -0.25) is 9.20 Å². The molecular formula is C19H19Cl2N5O. The summed E-state index contributed by atoms with van der Waals surface area (Å²) in [5, 5.41) is 12.2. The number of nitrogens with zero attached hydrogens (tertiary/aromatic N) is 4. The van der Waals surface area contributed by atoms with Crippen LogP contribution in [0.25, 0.3) is 11.9 Å². The van der Waals surface area contributed by atoms with E-state index in [9.17, 15) is 4.79 Å². The van der Waals surface area contributed by atoms with Gasteiger partial charge < -0.3 is 5.32 Å². The van der Waals surface area contributed by atoms with Crippen molar-refractivity contribution in [3.63, 3.8) is 0 Å². The summed E-state index contributed by atoms with van der Waals surface area (Å²) in [6.07, 6.45) is 4.56. The largest absolute Gasteiger partial charge is 0.353 e. The van der Waals surface area contributed by atoms with Crippen molar-refractivity contribution in [2.75, 3.05) is 6.54 Å². The van der Waals surface area contributed by atoms with E-state index in [1.807, 2.05) is 24.3 Å². The lowest BCUT2D eigenvalue weighted by Crippen LogP contribution is -2.22. The molecule has 0 aliphatic carbocycles. The normalized spacial score (nSPS) is 11.4. The van der Waals surface area contributed by atoms with E-state index in [0.717, 1.165) is 29.2 Å². The number of halogens is 2. The van der Waals surface area contributed by atoms with Crippen molar-refractivity contribution < 1.29 is 4.79 Å². The minimum Gasteiger partial charge on any atom is -0.353 e. The van der Waals surface area contributed by atoms with Gasteiger partial charge in [-0.05, 0) is 50.1 Å². The standard InChI is InChI=1S/C19H19Cl2N5O/c1-12-10-13(2)26-17(24-25-19(26)23-12)4-3-9-22-18(27)8-6-14-5-7-15(20)11-16(14)21/h5-8,10-11H,3-4,9H2,1-2H3,(H,22,27). The molecule has 0 unspecified atom stereocenters. The SMILES string of the molecule is Cc1cc(C)n2c(CCCNC(=O)C=Cc3ccc(Cl)cc3Cl)nnc2n1. The molecule has 3 rings (SSSR count). The fourth-order valence-corrected chi connectivity index (χ4v) is 3.25. The lowest BCUT2D eigenvalue weighted by atomic mass is 10.2. The second kappa shape index (κ2) is 8.50. The summed E-state index contributed by atoms with van der Waals surface area (Å²) in [6.45, 7) is 4.47. The number of hydrogen-bond acceptors (Lipinski definition) is 4. The molecule has 0 spiro atoms. The van der Waals surface area contributed by atoms with Crippen LogP contribution in [0.4, 0.5) is 0 Å². The van der Waals surface area contributed by atoms with E-state index in [-0.39, 0.29) is 5.91 Å². The van der Waals surface area contributed by atoms with Gasteiger partial charge in [0.2, 0.25) is 5.91 Å². The van der Waals surface area contributed by atoms with Crippen molar-refractivity contribution in [2.24, 2.45) is 0 Å². The number of fused-ring (bicyclic) bond motifs is 1. The third kappa shape index (κ3) is 4.84. The number of hydrogen-bond donors (Lipinski definition) is 1. The summed E-state index contributed by atoms with van der Waals surface area (Å²) < 4.78 is 1.94. The van der Waals surface area contributed by atoms with Gasteiger partial charge in [0.15, 0.2) is 0 Å². The monoisotopic (exact) mass is 403 g/mol. The minimum absolute atomic E-state index is 0.180. The topological polar surface area (TPSA) is 72.2 Å². The molecule has 0 radical (unpaired) electrons. The summed E-state index contributed by atoms with van der Waals surface area (Å²) in [5.74, 6) is 1.27. The molecule has 0 bridgehead atoms. The predicted molar refractivity (Wildman–Crippen MR) is 107 cm³/mol. The van der Waals surface area contributed by atoms with E-state index in [2.05, 4.69) is 20.5 Å². The van der Waals surface area contributed by atoms with Gasteiger partial charge in [-0.1, -0.05) is 29.3 Å². The van der Waals surface area contributed by atoms with E-state index in [1.165, 1.54) is 6.08 Å². The summed E-state index contributed by atoms with van der Waals surface area (Å²) in [7, 11) is 0. The Kier molecular flexibility index (Phi) is 6.08. The Morgan fingerprint density at radius 2 is 2.04 bits per heavy atom. The quantitative estimate of drug-likeness (QED) is 0.501. The number of carbonyl (C=O) groups excluding carboxylic acids is 1. The molecule has 0 saturated carbocycles. The van der Waals surface area contributed by atoms with Crippen LogP contribution in [0, 0.1) is 13.8 Å². The Labute approximate surface area is 167 Å². The first kappa shape index (κ1) is 19.3. The lowest BCUT2D eigenvalue weighted by molar-refractivity contribution is -0.116. The highest BCUT2D eigenvalue weighted by Crippen LogP contribution is 2.21. The second-order valence-corrected chi connectivity index (χ2v) is 7.03. The van der Waals surface area contributed by atoms with Crippen LogP contribution in [0.3, 0.4) is 0 Å². The Bertz CT molecular complexity index is 1010. The molecule has 1 aromatic carbocycles. The number of carbonyl (C=O) groups is 1. The summed E-state index contributed by atoms with van der Waals surface area (Å²) in [6, 6.07) is 7.13. The molecule has 0 atom stereocenters. The minimum atomic E-state index is -0.180.